The van der Waals surface area contributed by atoms with Gasteiger partial charge in [-0.05, 0) is 43.4 Å². The van der Waals surface area contributed by atoms with Gasteiger partial charge in [0.1, 0.15) is 0 Å². The van der Waals surface area contributed by atoms with E-state index in [0.717, 1.165) is 38.0 Å². The molecular weight excluding hydrogens is 200 g/mol. The predicted octanol–water partition coefficient (Wildman–Crippen LogP) is 1.79. The van der Waals surface area contributed by atoms with Crippen LogP contribution in [0.25, 0.3) is 0 Å². The maximum Gasteiger partial charge on any atom is 0.0431 e. The minimum atomic E-state index is 0.289. The van der Waals surface area contributed by atoms with Gasteiger partial charge in [0.05, 0.1) is 0 Å². The first-order valence-corrected chi connectivity index (χ1v) is 6.05. The second kappa shape index (κ2) is 5.21. The number of nitrogens with two attached hydrogens (primary N) is 1. The molecular formula is C13H20N2O. The lowest BCUT2D eigenvalue weighted by Gasteiger charge is -2.31. The van der Waals surface area contributed by atoms with Crippen LogP contribution in [0.2, 0.25) is 0 Å². The summed E-state index contributed by atoms with van der Waals surface area (Å²) in [7, 11) is 0. The number of aliphatic hydroxyl groups excluding tert-OH is 1. The number of nitrogen functional groups attached to an aromatic ring is 1. The molecule has 0 fully saturated rings. The highest BCUT2D eigenvalue weighted by molar-refractivity contribution is 5.62. The number of nitrogens with zero attached hydrogens (tertiary/aromatic N) is 1. The molecule has 3 N–H and O–H groups in total. The zero-order valence-corrected chi connectivity index (χ0v) is 9.65. The summed E-state index contributed by atoms with van der Waals surface area (Å²) in [6.07, 6.45) is 4.31. The number of anilines is 2. The lowest BCUT2D eigenvalue weighted by atomic mass is 10.0. The van der Waals surface area contributed by atoms with E-state index >= 15 is 0 Å². The Morgan fingerprint density at radius 1 is 1.31 bits per heavy atom. The molecule has 1 heterocycles. The van der Waals surface area contributed by atoms with Crippen molar-refractivity contribution in [2.45, 2.75) is 25.7 Å². The molecule has 0 atom stereocenters. The van der Waals surface area contributed by atoms with Gasteiger partial charge in [0.25, 0.3) is 0 Å². The second-order valence-corrected chi connectivity index (χ2v) is 4.41. The standard InChI is InChI=1S/C13H20N2O/c14-12-6-5-11-4-3-8-15(13(11)10-12)7-1-2-9-16/h5-6,10,16H,1-4,7-9,14H2. The lowest BCUT2D eigenvalue weighted by molar-refractivity contribution is 0.285. The molecule has 1 aliphatic rings. The van der Waals surface area contributed by atoms with E-state index in [-0.39, 0.29) is 6.61 Å². The van der Waals surface area contributed by atoms with Crippen molar-refractivity contribution >= 4 is 11.4 Å². The molecule has 0 unspecified atom stereocenters. The average molecular weight is 220 g/mol. The van der Waals surface area contributed by atoms with Crippen LogP contribution in [0, 0.1) is 0 Å². The zero-order chi connectivity index (χ0) is 11.4. The smallest absolute Gasteiger partial charge is 0.0431 e. The summed E-state index contributed by atoms with van der Waals surface area (Å²) in [6, 6.07) is 6.20. The van der Waals surface area contributed by atoms with Crippen molar-refractivity contribution in [1.82, 2.24) is 0 Å². The van der Waals surface area contributed by atoms with E-state index in [1.54, 1.807) is 0 Å². The molecule has 0 spiro atoms. The molecule has 16 heavy (non-hydrogen) atoms. The first-order chi connectivity index (χ1) is 7.81. The normalized spacial score (nSPS) is 14.9. The second-order valence-electron chi connectivity index (χ2n) is 4.41. The molecule has 0 amide bonds. The van der Waals surface area contributed by atoms with E-state index in [1.807, 2.05) is 6.07 Å². The Morgan fingerprint density at radius 2 is 2.19 bits per heavy atom. The van der Waals surface area contributed by atoms with Gasteiger partial charge in [-0.1, -0.05) is 6.07 Å². The summed E-state index contributed by atoms with van der Waals surface area (Å²) >= 11 is 0. The molecule has 88 valence electrons. The predicted molar refractivity (Wildman–Crippen MR) is 67.7 cm³/mol. The van der Waals surface area contributed by atoms with E-state index in [4.69, 9.17) is 10.8 Å². The van der Waals surface area contributed by atoms with Crippen LogP contribution in [-0.2, 0) is 6.42 Å². The number of aryl methyl sites for hydroxylation is 1. The highest BCUT2D eigenvalue weighted by Crippen LogP contribution is 2.29. The third-order valence-corrected chi connectivity index (χ3v) is 3.16. The van der Waals surface area contributed by atoms with Gasteiger partial charge in [-0.3, -0.25) is 0 Å². The first kappa shape index (κ1) is 11.3. The van der Waals surface area contributed by atoms with Crippen molar-refractivity contribution in [2.24, 2.45) is 0 Å². The SMILES string of the molecule is Nc1ccc2c(c1)N(CCCCO)CCC2. The number of rotatable bonds is 4. The molecule has 0 aromatic heterocycles. The Balaban J connectivity index is 2.09. The molecule has 1 aromatic rings. The summed E-state index contributed by atoms with van der Waals surface area (Å²) in [4.78, 5) is 2.39. The quantitative estimate of drug-likeness (QED) is 0.601. The lowest BCUT2D eigenvalue weighted by Crippen LogP contribution is -2.30. The van der Waals surface area contributed by atoms with E-state index in [2.05, 4.69) is 17.0 Å². The Kier molecular flexibility index (Phi) is 3.67. The number of unbranched alkanes of at least 4 members (excludes halogenated alkanes) is 1. The van der Waals surface area contributed by atoms with Crippen molar-refractivity contribution in [3.8, 4) is 0 Å². The molecule has 0 saturated carbocycles. The van der Waals surface area contributed by atoms with Crippen molar-refractivity contribution in [1.29, 1.82) is 0 Å². The third-order valence-electron chi connectivity index (χ3n) is 3.16. The molecule has 2 rings (SSSR count). The fraction of sp³-hybridized carbons (Fsp3) is 0.538. The van der Waals surface area contributed by atoms with Crippen LogP contribution >= 0.6 is 0 Å². The minimum absolute atomic E-state index is 0.289. The van der Waals surface area contributed by atoms with Crippen LogP contribution in [0.3, 0.4) is 0 Å². The van der Waals surface area contributed by atoms with Crippen LogP contribution < -0.4 is 10.6 Å². The largest absolute Gasteiger partial charge is 0.399 e. The average Bonchev–Trinajstić information content (AvgIpc) is 2.30. The fourth-order valence-electron chi connectivity index (χ4n) is 2.31. The number of benzene rings is 1. The van der Waals surface area contributed by atoms with Gasteiger partial charge in [-0.15, -0.1) is 0 Å². The van der Waals surface area contributed by atoms with E-state index in [0.29, 0.717) is 0 Å². The van der Waals surface area contributed by atoms with Crippen molar-refractivity contribution < 1.29 is 5.11 Å². The van der Waals surface area contributed by atoms with Crippen molar-refractivity contribution in [3.63, 3.8) is 0 Å². The Labute approximate surface area is 96.9 Å². The highest BCUT2D eigenvalue weighted by Gasteiger charge is 2.16. The van der Waals surface area contributed by atoms with Crippen LogP contribution in [0.5, 0.6) is 0 Å². The zero-order valence-electron chi connectivity index (χ0n) is 9.65. The van der Waals surface area contributed by atoms with Gasteiger partial charge in [-0.25, -0.2) is 0 Å². The fourth-order valence-corrected chi connectivity index (χ4v) is 2.31. The van der Waals surface area contributed by atoms with Gasteiger partial charge in [0, 0.05) is 31.1 Å². The monoisotopic (exact) mass is 220 g/mol. The van der Waals surface area contributed by atoms with Gasteiger partial charge < -0.3 is 15.7 Å². The molecule has 0 bridgehead atoms. The van der Waals surface area contributed by atoms with Gasteiger partial charge in [-0.2, -0.15) is 0 Å². The van der Waals surface area contributed by atoms with Gasteiger partial charge in [0.15, 0.2) is 0 Å². The Hall–Kier alpha value is -1.22. The first-order valence-electron chi connectivity index (χ1n) is 6.05. The Bertz CT molecular complexity index is 352. The number of fused-ring (bicyclic) bond motifs is 1. The van der Waals surface area contributed by atoms with Crippen LogP contribution in [0.15, 0.2) is 18.2 Å². The topological polar surface area (TPSA) is 49.5 Å². The van der Waals surface area contributed by atoms with Crippen LogP contribution in [0.4, 0.5) is 11.4 Å². The van der Waals surface area contributed by atoms with Crippen LogP contribution in [0.1, 0.15) is 24.8 Å². The highest BCUT2D eigenvalue weighted by atomic mass is 16.2. The van der Waals surface area contributed by atoms with E-state index in [1.165, 1.54) is 17.7 Å². The summed E-state index contributed by atoms with van der Waals surface area (Å²) in [5, 5.41) is 8.80. The summed E-state index contributed by atoms with van der Waals surface area (Å²) < 4.78 is 0. The molecule has 3 heteroatoms. The van der Waals surface area contributed by atoms with Crippen LogP contribution in [-0.4, -0.2) is 24.8 Å². The summed E-state index contributed by atoms with van der Waals surface area (Å²) in [6.45, 7) is 2.43. The van der Waals surface area contributed by atoms with Gasteiger partial charge >= 0.3 is 0 Å². The number of hydrogen-bond acceptors (Lipinski definition) is 3. The molecule has 1 aromatic carbocycles. The minimum Gasteiger partial charge on any atom is -0.399 e. The number of aliphatic hydroxyl groups is 1. The van der Waals surface area contributed by atoms with Crippen molar-refractivity contribution in [3.05, 3.63) is 23.8 Å². The Morgan fingerprint density at radius 3 is 3.00 bits per heavy atom. The maximum atomic E-state index is 8.80. The van der Waals surface area contributed by atoms with E-state index in [9.17, 15) is 0 Å². The molecule has 0 radical (unpaired) electrons. The maximum absolute atomic E-state index is 8.80. The van der Waals surface area contributed by atoms with Gasteiger partial charge in [0.2, 0.25) is 0 Å². The molecule has 3 nitrogen and oxygen atoms in total. The number of hydrogen-bond donors (Lipinski definition) is 2. The summed E-state index contributed by atoms with van der Waals surface area (Å²) in [5.74, 6) is 0. The summed E-state index contributed by atoms with van der Waals surface area (Å²) in [5.41, 5.74) is 9.38. The molecule has 1 aliphatic heterocycles. The third kappa shape index (κ3) is 2.47. The molecule has 0 saturated heterocycles. The molecule has 0 aliphatic carbocycles. The van der Waals surface area contributed by atoms with E-state index < -0.39 is 0 Å². The van der Waals surface area contributed by atoms with Crippen molar-refractivity contribution in [2.75, 3.05) is 30.3 Å².